The molecule has 20 heavy (non-hydrogen) atoms. The number of carbonyl (C=O) groups excluding carboxylic acids is 2. The highest BCUT2D eigenvalue weighted by Crippen LogP contribution is 2.29. The van der Waals surface area contributed by atoms with E-state index in [9.17, 15) is 27.2 Å². The van der Waals surface area contributed by atoms with E-state index < -0.39 is 47.5 Å². The molecule has 0 aliphatic carbocycles. The van der Waals surface area contributed by atoms with Crippen molar-refractivity contribution in [1.29, 1.82) is 0 Å². The minimum Gasteiger partial charge on any atom is -0.457 e. The zero-order valence-electron chi connectivity index (χ0n) is 10.4. The predicted molar refractivity (Wildman–Crippen MR) is 61.7 cm³/mol. The molecule has 0 radical (unpaired) electrons. The smallest absolute Gasteiger partial charge is 0.457 e. The first-order chi connectivity index (χ1) is 9.04. The molecule has 5 atom stereocenters. The van der Waals surface area contributed by atoms with Crippen LogP contribution in [0, 0.1) is 0 Å². The van der Waals surface area contributed by atoms with Crippen LogP contribution in [0.3, 0.4) is 0 Å². The summed E-state index contributed by atoms with van der Waals surface area (Å²) in [5, 5.41) is 0.436. The molecule has 10 heteroatoms. The molecule has 116 valence electrons. The molecule has 0 aromatic rings. The summed E-state index contributed by atoms with van der Waals surface area (Å²) in [6, 6.07) is -1.45. The quantitative estimate of drug-likeness (QED) is 0.457. The van der Waals surface area contributed by atoms with Crippen molar-refractivity contribution in [2.24, 2.45) is 0 Å². The van der Waals surface area contributed by atoms with Crippen LogP contribution < -0.4 is 5.32 Å². The maximum Gasteiger partial charge on any atom is 0.471 e. The molecule has 1 amide bonds. The van der Waals surface area contributed by atoms with Gasteiger partial charge in [-0.25, -0.2) is 4.39 Å². The van der Waals surface area contributed by atoms with Crippen molar-refractivity contribution in [3.8, 4) is 0 Å². The first-order valence-electron chi connectivity index (χ1n) is 5.52. The van der Waals surface area contributed by atoms with Gasteiger partial charge in [0.1, 0.15) is 5.01 Å². The van der Waals surface area contributed by atoms with Crippen molar-refractivity contribution in [1.82, 2.24) is 5.32 Å². The number of esters is 1. The fourth-order valence-corrected chi connectivity index (χ4v) is 2.38. The number of nitrogens with one attached hydrogen (secondary N) is 1. The lowest BCUT2D eigenvalue weighted by Gasteiger charge is -2.40. The zero-order valence-corrected chi connectivity index (χ0v) is 12.0. The molecule has 0 aromatic carbocycles. The SMILES string of the molecule is CC(=O)O[C@H]1[C@@H](F)[C@H](Br)O[C@@H](C)[C@@H]1NC(=O)C(F)(F)F. The van der Waals surface area contributed by atoms with E-state index in [1.165, 1.54) is 6.92 Å². The van der Waals surface area contributed by atoms with Gasteiger partial charge >= 0.3 is 18.1 Å². The number of rotatable bonds is 2. The Balaban J connectivity index is 2.92. The molecule has 0 spiro atoms. The van der Waals surface area contributed by atoms with Gasteiger partial charge in [-0.1, -0.05) is 15.9 Å². The zero-order chi connectivity index (χ0) is 15.7. The second kappa shape index (κ2) is 6.25. The van der Waals surface area contributed by atoms with E-state index in [0.29, 0.717) is 0 Å². The van der Waals surface area contributed by atoms with Gasteiger partial charge in [0.05, 0.1) is 12.1 Å². The predicted octanol–water partition coefficient (Wildman–Crippen LogP) is 1.44. The summed E-state index contributed by atoms with van der Waals surface area (Å²) < 4.78 is 60.3. The number of hydrogen-bond acceptors (Lipinski definition) is 4. The van der Waals surface area contributed by atoms with Crippen LogP contribution in [0.1, 0.15) is 13.8 Å². The van der Waals surface area contributed by atoms with E-state index >= 15 is 0 Å². The van der Waals surface area contributed by atoms with E-state index in [-0.39, 0.29) is 0 Å². The average molecular weight is 366 g/mol. The highest BCUT2D eigenvalue weighted by molar-refractivity contribution is 9.09. The molecule has 1 fully saturated rings. The van der Waals surface area contributed by atoms with Gasteiger partial charge in [-0.3, -0.25) is 9.59 Å². The van der Waals surface area contributed by atoms with Gasteiger partial charge in [-0.2, -0.15) is 13.2 Å². The summed E-state index contributed by atoms with van der Waals surface area (Å²) >= 11 is 2.83. The normalized spacial score (nSPS) is 34.5. The van der Waals surface area contributed by atoms with Crippen molar-refractivity contribution in [2.75, 3.05) is 0 Å². The van der Waals surface area contributed by atoms with E-state index in [4.69, 9.17) is 4.74 Å². The maximum absolute atomic E-state index is 13.9. The Kier molecular flexibility index (Phi) is 5.36. The molecule has 0 bridgehead atoms. The number of amides is 1. The van der Waals surface area contributed by atoms with Gasteiger partial charge in [-0.15, -0.1) is 0 Å². The lowest BCUT2D eigenvalue weighted by Crippen LogP contribution is -2.63. The molecular weight excluding hydrogens is 354 g/mol. The summed E-state index contributed by atoms with van der Waals surface area (Å²) in [6.45, 7) is 2.32. The number of alkyl halides is 5. The van der Waals surface area contributed by atoms with E-state index in [0.717, 1.165) is 6.92 Å². The van der Waals surface area contributed by atoms with Crippen LogP contribution in [-0.2, 0) is 19.1 Å². The van der Waals surface area contributed by atoms with Crippen LogP contribution in [0.5, 0.6) is 0 Å². The van der Waals surface area contributed by atoms with Crippen molar-refractivity contribution in [3.63, 3.8) is 0 Å². The van der Waals surface area contributed by atoms with Gasteiger partial charge in [0, 0.05) is 6.92 Å². The Morgan fingerprint density at radius 2 is 1.90 bits per heavy atom. The Labute approximate surface area is 120 Å². The number of ether oxygens (including phenoxy) is 2. The standard InChI is InChI=1S/C10H12BrF4NO4/c1-3-6(16-9(18)10(13,14)15)7(20-4(2)17)5(12)8(11)19-3/h3,5-8H,1-2H3,(H,16,18)/t3-,5+,6-,7-,8+/m0/s1. The van der Waals surface area contributed by atoms with Gasteiger partial charge < -0.3 is 14.8 Å². The molecule has 1 aliphatic rings. The first kappa shape index (κ1) is 17.2. The Hall–Kier alpha value is -0.900. The lowest BCUT2D eigenvalue weighted by molar-refractivity contribution is -0.186. The molecule has 1 heterocycles. The largest absolute Gasteiger partial charge is 0.471 e. The topological polar surface area (TPSA) is 64.6 Å². The second-order valence-electron chi connectivity index (χ2n) is 4.21. The van der Waals surface area contributed by atoms with Crippen molar-refractivity contribution in [3.05, 3.63) is 0 Å². The van der Waals surface area contributed by atoms with Gasteiger partial charge in [0.15, 0.2) is 12.3 Å². The minimum absolute atomic E-state index is 0.877. The first-order valence-corrected chi connectivity index (χ1v) is 6.44. The molecule has 1 rings (SSSR count). The summed E-state index contributed by atoms with van der Waals surface area (Å²) in [7, 11) is 0. The molecule has 0 saturated carbocycles. The van der Waals surface area contributed by atoms with E-state index in [1.807, 2.05) is 0 Å². The molecule has 0 unspecified atom stereocenters. The van der Waals surface area contributed by atoms with Gasteiger partial charge in [0.25, 0.3) is 0 Å². The minimum atomic E-state index is -5.13. The molecule has 0 aromatic heterocycles. The molecular formula is C10H12BrF4NO4. The second-order valence-corrected chi connectivity index (χ2v) is 5.11. The third-order valence-corrected chi connectivity index (χ3v) is 3.35. The molecule has 1 N–H and O–H groups in total. The summed E-state index contributed by atoms with van der Waals surface area (Å²) in [6.07, 6.45) is -9.61. The van der Waals surface area contributed by atoms with Gasteiger partial charge in [0.2, 0.25) is 0 Å². The van der Waals surface area contributed by atoms with E-state index in [2.05, 4.69) is 20.7 Å². The number of halogens is 5. The van der Waals surface area contributed by atoms with Gasteiger partial charge in [-0.05, 0) is 6.92 Å². The molecule has 5 nitrogen and oxygen atoms in total. The highest BCUT2D eigenvalue weighted by atomic mass is 79.9. The monoisotopic (exact) mass is 365 g/mol. The summed E-state index contributed by atoms with van der Waals surface area (Å²) in [5.74, 6) is -3.13. The maximum atomic E-state index is 13.9. The third-order valence-electron chi connectivity index (χ3n) is 2.63. The third kappa shape index (κ3) is 4.05. The van der Waals surface area contributed by atoms with Crippen LogP contribution in [-0.4, -0.2) is 47.5 Å². The molecule has 1 saturated heterocycles. The number of carbonyl (C=O) groups is 2. The number of hydrogen-bond donors (Lipinski definition) is 1. The average Bonchev–Trinajstić information content (AvgIpc) is 2.28. The van der Waals surface area contributed by atoms with Crippen LogP contribution in [0.4, 0.5) is 17.6 Å². The van der Waals surface area contributed by atoms with Crippen LogP contribution in [0.2, 0.25) is 0 Å². The summed E-state index contributed by atoms with van der Waals surface area (Å²) in [5.41, 5.74) is 0. The lowest BCUT2D eigenvalue weighted by atomic mass is 9.98. The van der Waals surface area contributed by atoms with E-state index in [1.54, 1.807) is 5.32 Å². The Morgan fingerprint density at radius 3 is 2.35 bits per heavy atom. The molecule has 1 aliphatic heterocycles. The van der Waals surface area contributed by atoms with Crippen molar-refractivity contribution in [2.45, 2.75) is 49.5 Å². The summed E-state index contributed by atoms with van der Waals surface area (Å²) in [4.78, 5) is 21.9. The fourth-order valence-electron chi connectivity index (χ4n) is 1.74. The van der Waals surface area contributed by atoms with Crippen molar-refractivity contribution < 1.29 is 36.6 Å². The van der Waals surface area contributed by atoms with Crippen LogP contribution in [0.15, 0.2) is 0 Å². The highest BCUT2D eigenvalue weighted by Gasteiger charge is 2.49. The Bertz CT molecular complexity index is 392. The Morgan fingerprint density at radius 1 is 1.35 bits per heavy atom. The van der Waals surface area contributed by atoms with Crippen LogP contribution in [0.25, 0.3) is 0 Å². The van der Waals surface area contributed by atoms with Crippen molar-refractivity contribution >= 4 is 27.8 Å². The fraction of sp³-hybridized carbons (Fsp3) is 0.800. The van der Waals surface area contributed by atoms with Crippen LogP contribution >= 0.6 is 15.9 Å².